The van der Waals surface area contributed by atoms with Crippen molar-refractivity contribution in [3.63, 3.8) is 0 Å². The number of carbonyl (C=O) groups is 1. The van der Waals surface area contributed by atoms with Gasteiger partial charge in [0.15, 0.2) is 0 Å². The Balaban J connectivity index is 1.56. The van der Waals surface area contributed by atoms with Crippen LogP contribution in [0.5, 0.6) is 5.75 Å². The van der Waals surface area contributed by atoms with Gasteiger partial charge in [0.25, 0.3) is 0 Å². The van der Waals surface area contributed by atoms with E-state index in [4.69, 9.17) is 9.15 Å². The van der Waals surface area contributed by atoms with Gasteiger partial charge >= 0.3 is 0 Å². The molecule has 1 aliphatic heterocycles. The van der Waals surface area contributed by atoms with Gasteiger partial charge in [-0.15, -0.1) is 10.2 Å². The van der Waals surface area contributed by atoms with E-state index in [1.165, 1.54) is 48.7 Å². The van der Waals surface area contributed by atoms with Crippen LogP contribution in [-0.4, -0.2) is 49.0 Å². The zero-order chi connectivity index (χ0) is 23.6. The summed E-state index contributed by atoms with van der Waals surface area (Å²) >= 11 is 0. The van der Waals surface area contributed by atoms with Crippen LogP contribution in [0.15, 0.2) is 51.8 Å². The van der Waals surface area contributed by atoms with E-state index in [0.29, 0.717) is 36.6 Å². The third-order valence-electron chi connectivity index (χ3n) is 5.38. The number of nitrogens with one attached hydrogen (secondary N) is 1. The number of benzene rings is 2. The maximum Gasteiger partial charge on any atom is 0.247 e. The van der Waals surface area contributed by atoms with Crippen molar-refractivity contribution in [3.05, 3.63) is 54.2 Å². The summed E-state index contributed by atoms with van der Waals surface area (Å²) in [5.41, 5.74) is 0.861. The largest absolute Gasteiger partial charge is 0.495 e. The number of ether oxygens (including phenoxy) is 1. The van der Waals surface area contributed by atoms with Crippen LogP contribution in [0, 0.1) is 5.82 Å². The Bertz CT molecular complexity index is 1260. The molecule has 1 amide bonds. The third kappa shape index (κ3) is 4.88. The van der Waals surface area contributed by atoms with E-state index < -0.39 is 10.0 Å². The topological polar surface area (TPSA) is 115 Å². The number of aromatic nitrogens is 2. The SMILES string of the molecule is COc1ccc(S(=O)(=O)N2CCC[C@@H](c3nnc(-c4ccc(F)cc4)o3)C2)cc1NC(C)=O. The van der Waals surface area contributed by atoms with E-state index >= 15 is 0 Å². The molecule has 1 aliphatic rings. The molecule has 4 rings (SSSR count). The van der Waals surface area contributed by atoms with Crippen molar-refractivity contribution in [2.24, 2.45) is 0 Å². The maximum atomic E-state index is 13.3. The van der Waals surface area contributed by atoms with E-state index in [1.807, 2.05) is 0 Å². The molecular weight excluding hydrogens is 451 g/mol. The minimum Gasteiger partial charge on any atom is -0.495 e. The van der Waals surface area contributed by atoms with Crippen LogP contribution in [0.4, 0.5) is 10.1 Å². The molecule has 2 heterocycles. The van der Waals surface area contributed by atoms with Crippen molar-refractivity contribution in [1.82, 2.24) is 14.5 Å². The van der Waals surface area contributed by atoms with Gasteiger partial charge < -0.3 is 14.5 Å². The van der Waals surface area contributed by atoms with Crippen LogP contribution in [0.1, 0.15) is 31.6 Å². The first kappa shape index (κ1) is 22.9. The van der Waals surface area contributed by atoms with Gasteiger partial charge in [0, 0.05) is 25.6 Å². The van der Waals surface area contributed by atoms with Crippen LogP contribution in [0.25, 0.3) is 11.5 Å². The molecule has 0 spiro atoms. The minimum atomic E-state index is -3.84. The normalized spacial score (nSPS) is 17.0. The minimum absolute atomic E-state index is 0.0465. The highest BCUT2D eigenvalue weighted by Gasteiger charge is 2.33. The smallest absolute Gasteiger partial charge is 0.247 e. The number of nitrogens with zero attached hydrogens (tertiary/aromatic N) is 3. The molecule has 3 aromatic rings. The van der Waals surface area contributed by atoms with Crippen molar-refractivity contribution < 1.29 is 26.8 Å². The Morgan fingerprint density at radius 2 is 1.97 bits per heavy atom. The number of carbonyl (C=O) groups excluding carboxylic acids is 1. The number of halogens is 1. The highest BCUT2D eigenvalue weighted by atomic mass is 32.2. The van der Waals surface area contributed by atoms with Gasteiger partial charge in [-0.3, -0.25) is 4.79 Å². The molecule has 1 aromatic heterocycles. The molecule has 1 atom stereocenters. The third-order valence-corrected chi connectivity index (χ3v) is 7.25. The Labute approximate surface area is 190 Å². The molecule has 2 aromatic carbocycles. The number of amides is 1. The number of hydrogen-bond acceptors (Lipinski definition) is 7. The lowest BCUT2D eigenvalue weighted by Crippen LogP contribution is -2.39. The lowest BCUT2D eigenvalue weighted by Gasteiger charge is -2.30. The van der Waals surface area contributed by atoms with E-state index in [0.717, 1.165) is 0 Å². The molecular formula is C22H23FN4O5S. The first-order chi connectivity index (χ1) is 15.8. The summed E-state index contributed by atoms with van der Waals surface area (Å²) in [5.74, 6) is -0.0350. The lowest BCUT2D eigenvalue weighted by molar-refractivity contribution is -0.114. The average molecular weight is 475 g/mol. The molecule has 0 bridgehead atoms. The van der Waals surface area contributed by atoms with Gasteiger partial charge in [-0.2, -0.15) is 4.31 Å². The van der Waals surface area contributed by atoms with Crippen molar-refractivity contribution in [1.29, 1.82) is 0 Å². The van der Waals surface area contributed by atoms with Crippen molar-refractivity contribution in [3.8, 4) is 17.2 Å². The van der Waals surface area contributed by atoms with Gasteiger partial charge in [-0.25, -0.2) is 12.8 Å². The Hall–Kier alpha value is -3.31. The molecule has 1 fully saturated rings. The molecule has 0 unspecified atom stereocenters. The monoisotopic (exact) mass is 474 g/mol. The molecule has 33 heavy (non-hydrogen) atoms. The molecule has 1 saturated heterocycles. The first-order valence-corrected chi connectivity index (χ1v) is 11.8. The van der Waals surface area contributed by atoms with Gasteiger partial charge in [0.2, 0.25) is 27.7 Å². The van der Waals surface area contributed by atoms with Crippen molar-refractivity contribution >= 4 is 21.6 Å². The average Bonchev–Trinajstić information content (AvgIpc) is 3.29. The van der Waals surface area contributed by atoms with Crippen LogP contribution < -0.4 is 10.1 Å². The molecule has 1 N–H and O–H groups in total. The van der Waals surface area contributed by atoms with Crippen LogP contribution in [-0.2, 0) is 14.8 Å². The summed E-state index contributed by atoms with van der Waals surface area (Å²) < 4.78 is 52.2. The number of rotatable bonds is 6. The summed E-state index contributed by atoms with van der Waals surface area (Å²) in [7, 11) is -2.40. The summed E-state index contributed by atoms with van der Waals surface area (Å²) in [6.45, 7) is 1.86. The van der Waals surface area contributed by atoms with Crippen LogP contribution in [0.3, 0.4) is 0 Å². The van der Waals surface area contributed by atoms with E-state index in [9.17, 15) is 17.6 Å². The first-order valence-electron chi connectivity index (χ1n) is 10.3. The number of hydrogen-bond donors (Lipinski definition) is 1. The predicted molar refractivity (Wildman–Crippen MR) is 118 cm³/mol. The summed E-state index contributed by atoms with van der Waals surface area (Å²) in [6, 6.07) is 10.0. The maximum absolute atomic E-state index is 13.3. The van der Waals surface area contributed by atoms with Crippen molar-refractivity contribution in [2.75, 3.05) is 25.5 Å². The molecule has 0 aliphatic carbocycles. The number of sulfonamides is 1. The molecule has 174 valence electrons. The Morgan fingerprint density at radius 3 is 2.67 bits per heavy atom. The van der Waals surface area contributed by atoms with Gasteiger partial charge in [0.1, 0.15) is 11.6 Å². The molecule has 9 nitrogen and oxygen atoms in total. The van der Waals surface area contributed by atoms with Gasteiger partial charge in [-0.1, -0.05) is 0 Å². The number of piperidine rings is 1. The van der Waals surface area contributed by atoms with Crippen LogP contribution >= 0.6 is 0 Å². The van der Waals surface area contributed by atoms with E-state index in [1.54, 1.807) is 12.1 Å². The second kappa shape index (κ2) is 9.28. The highest BCUT2D eigenvalue weighted by molar-refractivity contribution is 7.89. The summed E-state index contributed by atoms with van der Waals surface area (Å²) in [5, 5.41) is 10.7. The number of anilines is 1. The Morgan fingerprint density at radius 1 is 1.21 bits per heavy atom. The summed E-state index contributed by atoms with van der Waals surface area (Å²) in [6.07, 6.45) is 1.31. The van der Waals surface area contributed by atoms with Gasteiger partial charge in [-0.05, 0) is 55.3 Å². The molecule has 0 radical (unpaired) electrons. The second-order valence-electron chi connectivity index (χ2n) is 7.70. The second-order valence-corrected chi connectivity index (χ2v) is 9.64. The van der Waals surface area contributed by atoms with E-state index in [2.05, 4.69) is 15.5 Å². The fraction of sp³-hybridized carbons (Fsp3) is 0.318. The standard InChI is InChI=1S/C22H23FN4O5S/c1-14(28)24-19-12-18(9-10-20(19)31-2)33(29,30)27-11-3-4-16(13-27)22-26-25-21(32-22)15-5-7-17(23)8-6-15/h5-10,12,16H,3-4,11,13H2,1-2H3,(H,24,28)/t16-/m1/s1. The molecule has 11 heteroatoms. The lowest BCUT2D eigenvalue weighted by atomic mass is 10.00. The number of methoxy groups -OCH3 is 1. The van der Waals surface area contributed by atoms with E-state index in [-0.39, 0.29) is 40.7 Å². The fourth-order valence-electron chi connectivity index (χ4n) is 3.75. The zero-order valence-corrected chi connectivity index (χ0v) is 18.9. The van der Waals surface area contributed by atoms with Gasteiger partial charge in [0.05, 0.1) is 23.6 Å². The van der Waals surface area contributed by atoms with Crippen molar-refractivity contribution in [2.45, 2.75) is 30.6 Å². The predicted octanol–water partition coefficient (Wildman–Crippen LogP) is 3.41. The fourth-order valence-corrected chi connectivity index (χ4v) is 5.31. The summed E-state index contributed by atoms with van der Waals surface area (Å²) in [4.78, 5) is 11.5. The highest BCUT2D eigenvalue weighted by Crippen LogP contribution is 2.33. The zero-order valence-electron chi connectivity index (χ0n) is 18.1. The quantitative estimate of drug-likeness (QED) is 0.582. The molecule has 0 saturated carbocycles. The van der Waals surface area contributed by atoms with Crippen LogP contribution in [0.2, 0.25) is 0 Å². The Kier molecular flexibility index (Phi) is 6.43.